The van der Waals surface area contributed by atoms with Crippen molar-refractivity contribution in [1.82, 2.24) is 35.2 Å². The van der Waals surface area contributed by atoms with Crippen LogP contribution in [0.15, 0.2) is 69.0 Å². The number of ether oxygens (including phenoxy) is 2. The number of guanidine groups is 1. The molecule has 3 aromatic rings. The second-order valence-corrected chi connectivity index (χ2v) is 19.9. The van der Waals surface area contributed by atoms with Crippen molar-refractivity contribution in [3.05, 3.63) is 92.1 Å². The van der Waals surface area contributed by atoms with E-state index in [1.165, 1.54) is 7.05 Å². The number of aromatic nitrogens is 1. The van der Waals surface area contributed by atoms with Crippen molar-refractivity contribution < 1.29 is 33.7 Å². The number of hydrogen-bond acceptors (Lipinski definition) is 13. The molecule has 2 amide bonds. The van der Waals surface area contributed by atoms with E-state index in [9.17, 15) is 24.6 Å². The number of halogens is 2. The van der Waals surface area contributed by atoms with Gasteiger partial charge in [-0.15, -0.1) is 0 Å². The third-order valence-corrected chi connectivity index (χ3v) is 14.7. The minimum atomic E-state index is -1.09. The second kappa shape index (κ2) is 18.4. The van der Waals surface area contributed by atoms with Gasteiger partial charge in [0.1, 0.15) is 5.82 Å². The van der Waals surface area contributed by atoms with Crippen LogP contribution in [0.25, 0.3) is 10.9 Å². The standard InChI is InChI=1S/C48H61ClFN9O7/c1-26(2)59-37-9-6-28(18-27(37)19-39(46(59)64)65-24-41(61)51-5)53-43-36(49)22-52-47(55-43)56-15-12-30(13-16-56)66-31-20-29(21-31)57-17-14-35(48(3,4)25-57)33-8-7-32-34(42(33)50)23-58(45(32)63)38-10-11-40(60)54-44(38)62/h6-9,18-19,22,26,29-31,35,43,45,53,62-63H,10-17,20-21,23-25H2,1-5H3,(H,51,61)(H,52,55)(H,54,60)/t29?,31?,35-,43?,45?/m0/s1. The van der Waals surface area contributed by atoms with Crippen LogP contribution in [0.1, 0.15) is 108 Å². The number of likely N-dealkylation sites (N-methyl/N-ethyl adjacent to an activating group) is 1. The molecule has 6 heterocycles. The smallest absolute Gasteiger partial charge is 0.293 e. The number of nitrogens with zero attached hydrogens (tertiary/aromatic N) is 5. The molecule has 1 aliphatic carbocycles. The monoisotopic (exact) mass is 929 g/mol. The summed E-state index contributed by atoms with van der Waals surface area (Å²) in [6.07, 6.45) is 5.51. The summed E-state index contributed by atoms with van der Waals surface area (Å²) >= 11 is 6.68. The van der Waals surface area contributed by atoms with Crippen LogP contribution in [0, 0.1) is 11.2 Å². The molecule has 9 rings (SSSR count). The summed E-state index contributed by atoms with van der Waals surface area (Å²) in [5.41, 5.74) is 3.06. The minimum absolute atomic E-state index is 0.00672. The summed E-state index contributed by atoms with van der Waals surface area (Å²) in [5, 5.41) is 34.4. The van der Waals surface area contributed by atoms with Crippen molar-refractivity contribution in [2.24, 2.45) is 10.4 Å². The maximum Gasteiger partial charge on any atom is 0.293 e. The lowest BCUT2D eigenvalue weighted by Crippen LogP contribution is -2.56. The Balaban J connectivity index is 0.761. The molecule has 3 atom stereocenters. The fraction of sp³-hybridized carbons (Fsp3) is 0.542. The third kappa shape index (κ3) is 8.94. The first-order chi connectivity index (χ1) is 31.6. The highest BCUT2D eigenvalue weighted by Crippen LogP contribution is 2.48. The Morgan fingerprint density at radius 2 is 1.80 bits per heavy atom. The van der Waals surface area contributed by atoms with E-state index in [-0.39, 0.29) is 90.4 Å². The van der Waals surface area contributed by atoms with Gasteiger partial charge in [-0.05, 0) is 93.7 Å². The predicted octanol–water partition coefficient (Wildman–Crippen LogP) is 5.60. The molecule has 2 unspecified atom stereocenters. The van der Waals surface area contributed by atoms with Gasteiger partial charge in [-0.1, -0.05) is 37.6 Å². The van der Waals surface area contributed by atoms with Crippen LogP contribution in [-0.4, -0.2) is 112 Å². The van der Waals surface area contributed by atoms with E-state index in [1.807, 2.05) is 44.2 Å². The van der Waals surface area contributed by atoms with Crippen LogP contribution in [0.3, 0.4) is 0 Å². The lowest BCUT2D eigenvalue weighted by atomic mass is 9.69. The quantitative estimate of drug-likeness (QED) is 0.140. The molecule has 6 aliphatic rings. The summed E-state index contributed by atoms with van der Waals surface area (Å²) in [5.74, 6) is -0.329. The van der Waals surface area contributed by atoms with E-state index in [2.05, 4.69) is 44.9 Å². The minimum Gasteiger partial charge on any atom is -0.493 e. The SMILES string of the molecule is CNC(=O)COc1cc2cc(NC3N=C(N4CCC(OC5CC(N6CC[C@@H](c7ccc8c(c7F)CN(C7=C(O)NC(=O)CC7)C8O)C(C)(C)C6)C5)CC4)NC=C3Cl)ccc2n(C(C)C)c1=O. The van der Waals surface area contributed by atoms with Crippen molar-refractivity contribution in [2.45, 2.75) is 122 Å². The Labute approximate surface area is 388 Å². The number of hydrogen-bond donors (Lipinski definition) is 6. The van der Waals surface area contributed by atoms with E-state index < -0.39 is 12.4 Å². The molecule has 6 N–H and O–H groups in total. The van der Waals surface area contributed by atoms with Crippen molar-refractivity contribution in [1.29, 1.82) is 0 Å². The first-order valence-corrected chi connectivity index (χ1v) is 23.6. The number of amides is 2. The third-order valence-electron chi connectivity index (χ3n) is 14.3. The number of carbonyl (C=O) groups excluding carboxylic acids is 2. The first kappa shape index (κ1) is 45.8. The van der Waals surface area contributed by atoms with Gasteiger partial charge < -0.3 is 50.0 Å². The number of nitrogens with one attached hydrogen (secondary N) is 4. The molecule has 18 heteroatoms. The van der Waals surface area contributed by atoms with E-state index in [0.29, 0.717) is 33.5 Å². The molecule has 2 aromatic carbocycles. The zero-order valence-electron chi connectivity index (χ0n) is 38.2. The van der Waals surface area contributed by atoms with Crippen molar-refractivity contribution >= 4 is 46.0 Å². The molecule has 0 bridgehead atoms. The average Bonchev–Trinajstić information content (AvgIpc) is 3.60. The summed E-state index contributed by atoms with van der Waals surface area (Å²) in [7, 11) is 1.52. The molecular weight excluding hydrogens is 869 g/mol. The Bertz CT molecular complexity index is 2550. The molecule has 1 aromatic heterocycles. The van der Waals surface area contributed by atoms with E-state index >= 15 is 4.39 Å². The van der Waals surface area contributed by atoms with Crippen LogP contribution in [0.5, 0.6) is 5.75 Å². The van der Waals surface area contributed by atoms with E-state index in [0.717, 1.165) is 80.8 Å². The Hall–Kier alpha value is -5.36. The number of aliphatic hydroxyl groups is 2. The van der Waals surface area contributed by atoms with Crippen molar-refractivity contribution in [3.63, 3.8) is 0 Å². The topological polar surface area (TPSA) is 185 Å². The molecule has 2 saturated heterocycles. The zero-order chi connectivity index (χ0) is 46.6. The number of aliphatic hydroxyl groups excluding tert-OH is 2. The molecule has 5 aliphatic heterocycles. The van der Waals surface area contributed by atoms with Crippen LogP contribution in [0.2, 0.25) is 0 Å². The predicted molar refractivity (Wildman–Crippen MR) is 249 cm³/mol. The van der Waals surface area contributed by atoms with Crippen LogP contribution >= 0.6 is 11.6 Å². The van der Waals surface area contributed by atoms with Gasteiger partial charge in [0.25, 0.3) is 11.5 Å². The number of aliphatic imine (C=N–C) groups is 1. The number of rotatable bonds is 11. The molecular formula is C48H61ClFN9O7. The Morgan fingerprint density at radius 1 is 1.05 bits per heavy atom. The van der Waals surface area contributed by atoms with Crippen molar-refractivity contribution in [3.8, 4) is 5.75 Å². The number of likely N-dealkylation sites (tertiary alicyclic amines) is 2. The zero-order valence-corrected chi connectivity index (χ0v) is 39.0. The molecule has 354 valence electrons. The summed E-state index contributed by atoms with van der Waals surface area (Å²) in [4.78, 5) is 48.2. The molecule has 16 nitrogen and oxygen atoms in total. The van der Waals surface area contributed by atoms with Crippen LogP contribution in [0.4, 0.5) is 10.1 Å². The summed E-state index contributed by atoms with van der Waals surface area (Å²) in [6, 6.07) is 11.3. The number of piperidine rings is 2. The summed E-state index contributed by atoms with van der Waals surface area (Å²) < 4.78 is 30.3. The van der Waals surface area contributed by atoms with Gasteiger partial charge >= 0.3 is 0 Å². The van der Waals surface area contributed by atoms with Gasteiger partial charge in [0.05, 0.1) is 28.5 Å². The van der Waals surface area contributed by atoms with E-state index in [1.54, 1.807) is 21.7 Å². The lowest BCUT2D eigenvalue weighted by Gasteiger charge is -2.51. The molecule has 0 spiro atoms. The Kier molecular flexibility index (Phi) is 12.7. The van der Waals surface area contributed by atoms with E-state index in [4.69, 9.17) is 26.1 Å². The Morgan fingerprint density at radius 3 is 2.52 bits per heavy atom. The normalized spacial score (nSPS) is 25.8. The highest BCUT2D eigenvalue weighted by atomic mass is 35.5. The summed E-state index contributed by atoms with van der Waals surface area (Å²) in [6.45, 7) is 11.4. The lowest BCUT2D eigenvalue weighted by molar-refractivity contribution is -0.123. The fourth-order valence-corrected chi connectivity index (χ4v) is 10.9. The van der Waals surface area contributed by atoms with Gasteiger partial charge in [0.2, 0.25) is 11.8 Å². The fourth-order valence-electron chi connectivity index (χ4n) is 10.7. The first-order valence-electron chi connectivity index (χ1n) is 23.2. The van der Waals surface area contributed by atoms with Gasteiger partial charge in [-0.2, -0.15) is 0 Å². The molecule has 3 fully saturated rings. The maximum absolute atomic E-state index is 16.4. The van der Waals surface area contributed by atoms with Crippen LogP contribution in [-0.2, 0) is 20.9 Å². The number of allylic oxidation sites excluding steroid dienone is 1. The highest BCUT2D eigenvalue weighted by molar-refractivity contribution is 6.30. The molecule has 0 radical (unpaired) electrons. The molecule has 66 heavy (non-hydrogen) atoms. The van der Waals surface area contributed by atoms with Gasteiger partial charge in [-0.3, -0.25) is 24.6 Å². The second-order valence-electron chi connectivity index (χ2n) is 19.4. The van der Waals surface area contributed by atoms with Crippen LogP contribution < -0.4 is 31.6 Å². The number of benzene rings is 2. The van der Waals surface area contributed by atoms with Gasteiger partial charge in [-0.25, -0.2) is 9.38 Å². The largest absolute Gasteiger partial charge is 0.493 e. The highest BCUT2D eigenvalue weighted by Gasteiger charge is 2.45. The number of carbonyl (C=O) groups is 2. The molecule has 1 saturated carbocycles. The van der Waals surface area contributed by atoms with Gasteiger partial charge in [0, 0.05) is 86.6 Å². The number of anilines is 1. The number of fused-ring (bicyclic) bond motifs is 2. The average molecular weight is 931 g/mol. The number of pyridine rings is 1. The maximum atomic E-state index is 16.4. The van der Waals surface area contributed by atoms with Gasteiger partial charge in [0.15, 0.2) is 30.7 Å². The van der Waals surface area contributed by atoms with Crippen molar-refractivity contribution in [2.75, 3.05) is 45.2 Å².